The molecule has 2 nitrogen and oxygen atoms in total. The third-order valence-electron chi connectivity index (χ3n) is 3.49. The first-order chi connectivity index (χ1) is 8.45. The van der Waals surface area contributed by atoms with E-state index in [4.69, 9.17) is 56.6 Å². The lowest BCUT2D eigenvalue weighted by molar-refractivity contribution is 0.514. The molecule has 0 aliphatic carbocycles. The van der Waals surface area contributed by atoms with Crippen molar-refractivity contribution in [3.63, 3.8) is 0 Å². The van der Waals surface area contributed by atoms with Crippen LogP contribution in [0, 0.1) is 0 Å². The minimum absolute atomic E-state index is 0.398. The van der Waals surface area contributed by atoms with Crippen molar-refractivity contribution < 1.29 is 4.57 Å². The lowest BCUT2D eigenvalue weighted by Gasteiger charge is -2.35. The van der Waals surface area contributed by atoms with E-state index in [9.17, 15) is 4.57 Å². The van der Waals surface area contributed by atoms with Gasteiger partial charge in [-0.1, -0.05) is 50.2 Å². The molecule has 0 aromatic heterocycles. The van der Waals surface area contributed by atoms with Crippen LogP contribution in [0.1, 0.15) is 53.4 Å². The summed E-state index contributed by atoms with van der Waals surface area (Å²) in [5.74, 6) is -6.44. The molecule has 19 heavy (non-hydrogen) atoms. The highest BCUT2D eigenvalue weighted by molar-refractivity contribution is 8.13. The zero-order chi connectivity index (χ0) is 15.5. The maximum atomic E-state index is 12.2. The normalized spacial score (nSPS) is 14.6. The highest BCUT2D eigenvalue weighted by Crippen LogP contribution is 2.79. The largest absolute Gasteiger partial charge is 0.287 e. The third-order valence-corrected chi connectivity index (χ3v) is 13.7. The van der Waals surface area contributed by atoms with E-state index < -0.39 is 21.5 Å². The predicted octanol–water partition coefficient (Wildman–Crippen LogP) is 8.44. The minimum Gasteiger partial charge on any atom is -0.287 e. The van der Waals surface area contributed by atoms with Crippen molar-refractivity contribution in [2.75, 3.05) is 0 Å². The van der Waals surface area contributed by atoms with E-state index in [1.54, 1.807) is 0 Å². The molecule has 0 unspecified atom stereocenters. The summed E-state index contributed by atoms with van der Waals surface area (Å²) in [6.07, 6.45) is 1.92. The van der Waals surface area contributed by atoms with Crippen LogP contribution in [-0.4, -0.2) is 9.90 Å². The van der Waals surface area contributed by atoms with Gasteiger partial charge in [0.2, 0.25) is 0 Å². The van der Waals surface area contributed by atoms with E-state index in [1.807, 2.05) is 27.7 Å². The molecule has 0 aromatic carbocycles. The van der Waals surface area contributed by atoms with E-state index in [2.05, 4.69) is 4.74 Å². The molecule has 0 amide bonds. The second-order valence-corrected chi connectivity index (χ2v) is 16.0. The van der Waals surface area contributed by atoms with Crippen LogP contribution in [0.15, 0.2) is 4.74 Å². The van der Waals surface area contributed by atoms with Gasteiger partial charge in [-0.05, 0) is 48.2 Å². The number of hydrogen-bond acceptors (Lipinski definition) is 2. The Morgan fingerprint density at radius 1 is 0.895 bits per heavy atom. The summed E-state index contributed by atoms with van der Waals surface area (Å²) in [6, 6.07) is 0. The molecule has 0 saturated heterocycles. The van der Waals surface area contributed by atoms with Crippen molar-refractivity contribution >= 4 is 68.2 Å². The SMILES string of the molecule is CCC(CC)(N=P(Cl)(Cl)C(Cl)(CC)CC)P(=O)(Cl)Cl. The fourth-order valence-corrected chi connectivity index (χ4v) is 9.79. The van der Waals surface area contributed by atoms with Crippen LogP contribution in [0.25, 0.3) is 0 Å². The Kier molecular flexibility index (Phi) is 8.20. The molecule has 0 bridgehead atoms. The van der Waals surface area contributed by atoms with Crippen molar-refractivity contribution in [3.05, 3.63) is 0 Å². The molecule has 0 fully saturated rings. The molecule has 0 saturated carbocycles. The van der Waals surface area contributed by atoms with Crippen LogP contribution in [0.3, 0.4) is 0 Å². The van der Waals surface area contributed by atoms with E-state index in [-0.39, 0.29) is 0 Å². The summed E-state index contributed by atoms with van der Waals surface area (Å²) in [6.45, 7) is 7.41. The monoisotopic (exact) mass is 407 g/mol. The van der Waals surface area contributed by atoms with Crippen LogP contribution < -0.4 is 0 Å². The van der Waals surface area contributed by atoms with Gasteiger partial charge in [0.25, 0.3) is 5.85 Å². The van der Waals surface area contributed by atoms with E-state index in [0.717, 1.165) is 0 Å². The van der Waals surface area contributed by atoms with Crippen LogP contribution in [0.2, 0.25) is 0 Å². The Bertz CT molecular complexity index is 395. The van der Waals surface area contributed by atoms with Gasteiger partial charge >= 0.3 is 0 Å². The summed E-state index contributed by atoms with van der Waals surface area (Å²) < 4.78 is 15.8. The lowest BCUT2D eigenvalue weighted by atomic mass is 10.2. The van der Waals surface area contributed by atoms with Gasteiger partial charge in [0.15, 0.2) is 5.76 Å². The molecule has 0 radical (unpaired) electrons. The molecule has 116 valence electrons. The van der Waals surface area contributed by atoms with Crippen LogP contribution in [-0.2, 0) is 4.57 Å². The summed E-state index contributed by atoms with van der Waals surface area (Å²) in [5, 5.41) is -1.13. The molecule has 0 aromatic rings. The van der Waals surface area contributed by atoms with Crippen LogP contribution >= 0.6 is 68.2 Å². The van der Waals surface area contributed by atoms with E-state index in [1.165, 1.54) is 0 Å². The lowest BCUT2D eigenvalue weighted by Crippen LogP contribution is -2.23. The summed E-state index contributed by atoms with van der Waals surface area (Å²) in [7, 11) is 0. The third kappa shape index (κ3) is 4.44. The quantitative estimate of drug-likeness (QED) is 0.306. The molecule has 0 aliphatic heterocycles. The van der Waals surface area contributed by atoms with Gasteiger partial charge in [-0.3, -0.25) is 9.31 Å². The van der Waals surface area contributed by atoms with Crippen molar-refractivity contribution in [2.24, 2.45) is 4.74 Å². The average molecular weight is 409 g/mol. The first-order valence-corrected chi connectivity index (χ1v) is 13.6. The average Bonchev–Trinajstić information content (AvgIpc) is 2.33. The standard InChI is InChI=1S/C10H20Cl5NOP2/c1-5-9(11,6-2)18(12,13)16-10(7-3,8-4)19(14,15)17/h5-8H2,1-4H3. The van der Waals surface area contributed by atoms with Crippen molar-refractivity contribution in [1.82, 2.24) is 0 Å². The Morgan fingerprint density at radius 3 is 1.47 bits per heavy atom. The minimum atomic E-state index is -3.52. The predicted molar refractivity (Wildman–Crippen MR) is 92.8 cm³/mol. The molecular weight excluding hydrogens is 389 g/mol. The second-order valence-electron chi connectivity index (χ2n) is 4.36. The van der Waals surface area contributed by atoms with Crippen LogP contribution in [0.5, 0.6) is 0 Å². The molecule has 0 spiro atoms. The maximum absolute atomic E-state index is 12.2. The zero-order valence-corrected chi connectivity index (χ0v) is 17.0. The highest BCUT2D eigenvalue weighted by atomic mass is 35.9. The Balaban J connectivity index is 6.05. The van der Waals surface area contributed by atoms with Gasteiger partial charge in [0, 0.05) is 0 Å². The molecule has 0 heterocycles. The summed E-state index contributed by atoms with van der Waals surface area (Å²) in [5.41, 5.74) is 0. The molecular formula is C10H20Cl5NOP2. The summed E-state index contributed by atoms with van der Waals surface area (Å²) >= 11 is 31.1. The fraction of sp³-hybridized carbons (Fsp3) is 1.00. The number of alkyl halides is 1. The number of halogens is 5. The molecule has 9 heteroatoms. The first kappa shape index (κ1) is 20.9. The van der Waals surface area contributed by atoms with Gasteiger partial charge in [-0.25, -0.2) is 0 Å². The maximum Gasteiger partial charge on any atom is 0.279 e. The topological polar surface area (TPSA) is 29.4 Å². The molecule has 0 rings (SSSR count). The van der Waals surface area contributed by atoms with E-state index >= 15 is 0 Å². The number of nitrogens with zero attached hydrogens (tertiary/aromatic N) is 1. The van der Waals surface area contributed by atoms with Crippen LogP contribution in [0.4, 0.5) is 0 Å². The Labute approximate surface area is 140 Å². The molecule has 0 N–H and O–H groups in total. The van der Waals surface area contributed by atoms with Crippen molar-refractivity contribution in [2.45, 2.75) is 63.3 Å². The smallest absolute Gasteiger partial charge is 0.279 e. The van der Waals surface area contributed by atoms with Gasteiger partial charge in [0.1, 0.15) is 9.90 Å². The van der Waals surface area contributed by atoms with Gasteiger partial charge in [0.05, 0.1) is 0 Å². The zero-order valence-electron chi connectivity index (χ0n) is 11.5. The van der Waals surface area contributed by atoms with Crippen molar-refractivity contribution in [3.8, 4) is 0 Å². The number of rotatable bonds is 7. The Hall–Kier alpha value is 1.91. The van der Waals surface area contributed by atoms with Gasteiger partial charge in [-0.15, -0.1) is 11.6 Å². The molecule has 0 atom stereocenters. The van der Waals surface area contributed by atoms with Gasteiger partial charge in [-0.2, -0.15) is 0 Å². The second kappa shape index (κ2) is 7.45. The highest BCUT2D eigenvalue weighted by Gasteiger charge is 2.48. The van der Waals surface area contributed by atoms with E-state index in [0.29, 0.717) is 25.7 Å². The van der Waals surface area contributed by atoms with Crippen molar-refractivity contribution in [1.29, 1.82) is 0 Å². The number of hydrogen-bond donors (Lipinski definition) is 0. The Morgan fingerprint density at radius 2 is 1.26 bits per heavy atom. The first-order valence-electron chi connectivity index (χ1n) is 6.16. The summed E-state index contributed by atoms with van der Waals surface area (Å²) in [4.78, 5) is 0. The fourth-order valence-electron chi connectivity index (χ4n) is 1.77. The van der Waals surface area contributed by atoms with Gasteiger partial charge < -0.3 is 0 Å². The molecule has 0 aliphatic rings.